The Balaban J connectivity index is 2.13. The van der Waals surface area contributed by atoms with Crippen LogP contribution in [0.15, 0.2) is 40.7 Å². The third-order valence-electron chi connectivity index (χ3n) is 3.76. The Bertz CT molecular complexity index is 795. The van der Waals surface area contributed by atoms with E-state index in [0.717, 1.165) is 10.4 Å². The third kappa shape index (κ3) is 7.15. The van der Waals surface area contributed by atoms with Gasteiger partial charge in [0.25, 0.3) is 0 Å². The molecular formula is C19H24F2N4O2S. The van der Waals surface area contributed by atoms with Crippen molar-refractivity contribution in [2.75, 3.05) is 20.6 Å². The maximum atomic E-state index is 12.6. The summed E-state index contributed by atoms with van der Waals surface area (Å²) in [6.45, 7) is -0.313. The molecule has 0 atom stereocenters. The summed E-state index contributed by atoms with van der Waals surface area (Å²) in [4.78, 5) is 18.9. The number of rotatable bonds is 8. The van der Waals surface area contributed by atoms with E-state index in [9.17, 15) is 13.6 Å². The number of carbonyl (C=O) groups is 1. The first-order valence-electron chi connectivity index (χ1n) is 8.64. The molecule has 0 fully saturated rings. The van der Waals surface area contributed by atoms with E-state index in [4.69, 9.17) is 0 Å². The molecule has 0 unspecified atom stereocenters. The molecule has 0 saturated carbocycles. The number of carbonyl (C=O) groups excluding carboxylic acids is 1. The lowest BCUT2D eigenvalue weighted by atomic mass is 10.1. The highest BCUT2D eigenvalue weighted by Gasteiger charge is 2.11. The Morgan fingerprint density at radius 2 is 2.07 bits per heavy atom. The average molecular weight is 410 g/mol. The van der Waals surface area contributed by atoms with Crippen LogP contribution in [0.3, 0.4) is 0 Å². The van der Waals surface area contributed by atoms with Crippen molar-refractivity contribution in [1.29, 1.82) is 0 Å². The van der Waals surface area contributed by atoms with E-state index in [1.54, 1.807) is 37.6 Å². The summed E-state index contributed by atoms with van der Waals surface area (Å²) in [6, 6.07) is 8.89. The van der Waals surface area contributed by atoms with Crippen LogP contribution in [0.4, 0.5) is 8.78 Å². The van der Waals surface area contributed by atoms with E-state index >= 15 is 0 Å². The molecule has 2 N–H and O–H groups in total. The lowest BCUT2D eigenvalue weighted by Crippen LogP contribution is -2.42. The number of aliphatic imine (C=N–C) groups is 1. The van der Waals surface area contributed by atoms with E-state index < -0.39 is 6.61 Å². The topological polar surface area (TPSA) is 66.0 Å². The molecule has 0 aliphatic rings. The van der Waals surface area contributed by atoms with Crippen LogP contribution in [0.2, 0.25) is 0 Å². The van der Waals surface area contributed by atoms with Gasteiger partial charge >= 0.3 is 6.61 Å². The van der Waals surface area contributed by atoms with Crippen molar-refractivity contribution >= 4 is 23.2 Å². The molecule has 1 heterocycles. The molecule has 0 aliphatic carbocycles. The van der Waals surface area contributed by atoms with Crippen LogP contribution in [0.5, 0.6) is 5.75 Å². The summed E-state index contributed by atoms with van der Waals surface area (Å²) in [5.74, 6) is 0.391. The Morgan fingerprint density at radius 3 is 2.71 bits per heavy atom. The van der Waals surface area contributed by atoms with Crippen molar-refractivity contribution in [3.05, 3.63) is 51.7 Å². The van der Waals surface area contributed by atoms with Crippen LogP contribution >= 0.6 is 11.3 Å². The Kier molecular flexibility index (Phi) is 8.19. The number of hydrogen-bond donors (Lipinski definition) is 2. The van der Waals surface area contributed by atoms with Gasteiger partial charge in [-0.25, -0.2) is 4.99 Å². The first-order valence-corrected chi connectivity index (χ1v) is 9.52. The molecule has 0 saturated heterocycles. The molecule has 9 heteroatoms. The van der Waals surface area contributed by atoms with E-state index in [2.05, 4.69) is 20.4 Å². The number of amides is 1. The van der Waals surface area contributed by atoms with Gasteiger partial charge in [0, 0.05) is 24.5 Å². The number of thiophene rings is 1. The van der Waals surface area contributed by atoms with Gasteiger partial charge in [0.1, 0.15) is 5.75 Å². The number of halogens is 2. The lowest BCUT2D eigenvalue weighted by molar-refractivity contribution is -0.127. The van der Waals surface area contributed by atoms with Crippen molar-refractivity contribution < 1.29 is 18.3 Å². The number of benzene rings is 1. The predicted octanol–water partition coefficient (Wildman–Crippen LogP) is 2.98. The molecule has 2 rings (SSSR count). The minimum Gasteiger partial charge on any atom is -0.434 e. The van der Waals surface area contributed by atoms with Gasteiger partial charge in [-0.1, -0.05) is 23.8 Å². The van der Waals surface area contributed by atoms with Crippen molar-refractivity contribution in [2.45, 2.75) is 26.6 Å². The molecular weight excluding hydrogens is 386 g/mol. The second-order valence-corrected chi connectivity index (χ2v) is 7.26. The molecule has 28 heavy (non-hydrogen) atoms. The molecule has 1 amide bonds. The zero-order valence-electron chi connectivity index (χ0n) is 16.0. The largest absolute Gasteiger partial charge is 0.434 e. The number of nitrogens with one attached hydrogen (secondary N) is 2. The summed E-state index contributed by atoms with van der Waals surface area (Å²) >= 11 is 1.60. The average Bonchev–Trinajstić information content (AvgIpc) is 3.15. The molecule has 152 valence electrons. The Hall–Kier alpha value is -2.68. The van der Waals surface area contributed by atoms with Crippen molar-refractivity contribution in [1.82, 2.24) is 15.5 Å². The predicted molar refractivity (Wildman–Crippen MR) is 107 cm³/mol. The van der Waals surface area contributed by atoms with Crippen molar-refractivity contribution in [3.8, 4) is 5.75 Å². The summed E-state index contributed by atoms with van der Waals surface area (Å²) in [6.07, 6.45) is 0. The minimum absolute atomic E-state index is 0.0669. The SMILES string of the molecule is Cc1ccc(OC(F)F)c(CN=C(NCC(=O)N(C)C)NCc2cccs2)c1. The zero-order chi connectivity index (χ0) is 20.5. The summed E-state index contributed by atoms with van der Waals surface area (Å²) < 4.78 is 29.9. The molecule has 1 aromatic heterocycles. The van der Waals surface area contributed by atoms with Gasteiger partial charge in [0.15, 0.2) is 5.96 Å². The van der Waals surface area contributed by atoms with Gasteiger partial charge in [-0.2, -0.15) is 8.78 Å². The van der Waals surface area contributed by atoms with Gasteiger partial charge < -0.3 is 20.3 Å². The van der Waals surface area contributed by atoms with Gasteiger partial charge in [-0.3, -0.25) is 4.79 Å². The second-order valence-electron chi connectivity index (χ2n) is 6.23. The molecule has 6 nitrogen and oxygen atoms in total. The Morgan fingerprint density at radius 1 is 1.29 bits per heavy atom. The maximum Gasteiger partial charge on any atom is 0.387 e. The van der Waals surface area contributed by atoms with Gasteiger partial charge in [0.05, 0.1) is 19.6 Å². The minimum atomic E-state index is -2.90. The lowest BCUT2D eigenvalue weighted by Gasteiger charge is -2.15. The molecule has 0 spiro atoms. The quantitative estimate of drug-likeness (QED) is 0.519. The first kappa shape index (κ1) is 21.6. The van der Waals surface area contributed by atoms with E-state index in [0.29, 0.717) is 18.1 Å². The highest BCUT2D eigenvalue weighted by molar-refractivity contribution is 7.09. The van der Waals surface area contributed by atoms with E-state index in [1.807, 2.05) is 24.4 Å². The Labute approximate surface area is 167 Å². The number of hydrogen-bond acceptors (Lipinski definition) is 4. The monoisotopic (exact) mass is 410 g/mol. The zero-order valence-corrected chi connectivity index (χ0v) is 16.9. The van der Waals surface area contributed by atoms with Crippen LogP contribution in [0.1, 0.15) is 16.0 Å². The van der Waals surface area contributed by atoms with Gasteiger partial charge in [0.2, 0.25) is 5.91 Å². The first-order chi connectivity index (χ1) is 13.3. The van der Waals surface area contributed by atoms with Crippen LogP contribution in [-0.4, -0.2) is 44.0 Å². The third-order valence-corrected chi connectivity index (χ3v) is 4.63. The number of ether oxygens (including phenoxy) is 1. The molecule has 1 aromatic carbocycles. The summed E-state index contributed by atoms with van der Waals surface area (Å²) in [5.41, 5.74) is 1.45. The van der Waals surface area contributed by atoms with Crippen LogP contribution in [0, 0.1) is 6.92 Å². The fourth-order valence-electron chi connectivity index (χ4n) is 2.28. The number of guanidine groups is 1. The molecule has 2 aromatic rings. The van der Waals surface area contributed by atoms with Crippen LogP contribution < -0.4 is 15.4 Å². The van der Waals surface area contributed by atoms with Crippen LogP contribution in [-0.2, 0) is 17.9 Å². The number of nitrogens with zero attached hydrogens (tertiary/aromatic N) is 2. The number of alkyl halides is 2. The maximum absolute atomic E-state index is 12.6. The summed E-state index contributed by atoms with van der Waals surface area (Å²) in [5, 5.41) is 8.09. The van der Waals surface area contributed by atoms with Crippen molar-refractivity contribution in [2.24, 2.45) is 4.99 Å². The van der Waals surface area contributed by atoms with Gasteiger partial charge in [-0.15, -0.1) is 11.3 Å². The second kappa shape index (κ2) is 10.6. The standard InChI is InChI=1S/C19H24F2N4O2S/c1-13-6-7-16(27-18(20)21)14(9-13)10-22-19(24-12-17(26)25(2)3)23-11-15-5-4-8-28-15/h4-9,18H,10-12H2,1-3H3,(H2,22,23,24). The van der Waals surface area contributed by atoms with Gasteiger partial charge in [-0.05, 0) is 24.4 Å². The number of aryl methyl sites for hydroxylation is 1. The number of likely N-dealkylation sites (N-methyl/N-ethyl adjacent to an activating group) is 1. The highest BCUT2D eigenvalue weighted by Crippen LogP contribution is 2.23. The normalized spacial score (nSPS) is 11.4. The summed E-state index contributed by atoms with van der Waals surface area (Å²) in [7, 11) is 3.33. The smallest absolute Gasteiger partial charge is 0.387 e. The van der Waals surface area contributed by atoms with E-state index in [-0.39, 0.29) is 24.7 Å². The van der Waals surface area contributed by atoms with Crippen LogP contribution in [0.25, 0.3) is 0 Å². The fraction of sp³-hybridized carbons (Fsp3) is 0.368. The van der Waals surface area contributed by atoms with E-state index in [1.165, 1.54) is 11.0 Å². The molecule has 0 bridgehead atoms. The highest BCUT2D eigenvalue weighted by atomic mass is 32.1. The van der Waals surface area contributed by atoms with Crippen molar-refractivity contribution in [3.63, 3.8) is 0 Å². The fourth-order valence-corrected chi connectivity index (χ4v) is 2.93. The molecule has 0 radical (unpaired) electrons. The molecule has 0 aliphatic heterocycles.